The van der Waals surface area contributed by atoms with Crippen LogP contribution in [0.15, 0.2) is 30.3 Å². The highest BCUT2D eigenvalue weighted by Crippen LogP contribution is 2.34. The summed E-state index contributed by atoms with van der Waals surface area (Å²) < 4.78 is 38.5. The number of nitrogens with one attached hydrogen (secondary N) is 1. The normalized spacial score (nSPS) is 12.5. The van der Waals surface area contributed by atoms with Gasteiger partial charge >= 0.3 is 12.1 Å². The smallest absolute Gasteiger partial charge is 0.437 e. The Kier molecular flexibility index (Phi) is 3.99. The van der Waals surface area contributed by atoms with Gasteiger partial charge in [0.15, 0.2) is 5.69 Å². The predicted molar refractivity (Wildman–Crippen MR) is 67.6 cm³/mol. The number of rotatable bonds is 3. The van der Waals surface area contributed by atoms with E-state index in [0.29, 0.717) is 11.1 Å². The van der Waals surface area contributed by atoms with E-state index in [2.05, 4.69) is 10.2 Å². The van der Waals surface area contributed by atoms with E-state index in [1.807, 2.05) is 5.21 Å². The topological polar surface area (TPSA) is 78.9 Å². The molecule has 2 aromatic rings. The summed E-state index contributed by atoms with van der Waals surface area (Å²) in [4.78, 5) is 10.9. The number of nitrogens with zero attached hydrogens (tertiary/aromatic N) is 2. The van der Waals surface area contributed by atoms with Gasteiger partial charge in [-0.3, -0.25) is 0 Å². The first-order valence-corrected chi connectivity index (χ1v) is 5.85. The molecule has 0 unspecified atom stereocenters. The van der Waals surface area contributed by atoms with Gasteiger partial charge in [-0.25, -0.2) is 4.79 Å². The molecule has 0 amide bonds. The molecular formula is C12H7ClF3N3O2. The number of hydrogen-bond donors (Lipinski definition) is 2. The van der Waals surface area contributed by atoms with E-state index in [9.17, 15) is 18.0 Å². The summed E-state index contributed by atoms with van der Waals surface area (Å²) in [5.41, 5.74) is -1.88. The first kappa shape index (κ1) is 15.0. The van der Waals surface area contributed by atoms with E-state index < -0.39 is 23.5 Å². The third kappa shape index (κ3) is 3.40. The minimum atomic E-state index is -4.76. The molecule has 110 valence electrons. The lowest BCUT2D eigenvalue weighted by atomic mass is 10.0. The summed E-state index contributed by atoms with van der Waals surface area (Å²) in [6, 6.07) is 5.65. The van der Waals surface area contributed by atoms with Crippen molar-refractivity contribution in [1.29, 1.82) is 0 Å². The number of aliphatic carboxylic acids is 1. The van der Waals surface area contributed by atoms with E-state index in [4.69, 9.17) is 16.7 Å². The van der Waals surface area contributed by atoms with Gasteiger partial charge in [-0.1, -0.05) is 23.7 Å². The van der Waals surface area contributed by atoms with Crippen LogP contribution in [0.2, 0.25) is 5.02 Å². The number of aromatic nitrogens is 3. The Hall–Kier alpha value is -2.35. The van der Waals surface area contributed by atoms with Crippen LogP contribution in [-0.2, 0) is 11.0 Å². The Labute approximate surface area is 121 Å². The fourth-order valence-electron chi connectivity index (χ4n) is 1.66. The Morgan fingerprint density at radius 3 is 2.38 bits per heavy atom. The van der Waals surface area contributed by atoms with Crippen LogP contribution >= 0.6 is 11.6 Å². The molecule has 9 heteroatoms. The molecular weight excluding hydrogens is 311 g/mol. The van der Waals surface area contributed by atoms with Gasteiger partial charge in [-0.15, -0.1) is 0 Å². The molecule has 0 bridgehead atoms. The van der Waals surface area contributed by atoms with Gasteiger partial charge < -0.3 is 5.11 Å². The fourth-order valence-corrected chi connectivity index (χ4v) is 1.78. The molecule has 0 fully saturated rings. The van der Waals surface area contributed by atoms with Crippen LogP contribution in [0.3, 0.4) is 0 Å². The highest BCUT2D eigenvalue weighted by Gasteiger charge is 2.38. The summed E-state index contributed by atoms with van der Waals surface area (Å²) in [6.07, 6.45) is -4.12. The van der Waals surface area contributed by atoms with Gasteiger partial charge in [-0.2, -0.15) is 28.6 Å². The second-order valence-electron chi connectivity index (χ2n) is 3.92. The Morgan fingerprint density at radius 2 is 1.86 bits per heavy atom. The molecule has 0 saturated heterocycles. The van der Waals surface area contributed by atoms with Gasteiger partial charge in [0.05, 0.1) is 0 Å². The third-order valence-corrected chi connectivity index (χ3v) is 2.75. The number of carboxylic acid groups (broad SMARTS) is 1. The Bertz CT molecular complexity index is 693. The van der Waals surface area contributed by atoms with E-state index in [0.717, 1.165) is 0 Å². The van der Waals surface area contributed by atoms with Crippen molar-refractivity contribution in [3.63, 3.8) is 0 Å². The highest BCUT2D eigenvalue weighted by molar-refractivity contribution is 6.30. The average Bonchev–Trinajstić information content (AvgIpc) is 2.85. The zero-order valence-electron chi connectivity index (χ0n) is 10.1. The van der Waals surface area contributed by atoms with Gasteiger partial charge in [0.25, 0.3) is 0 Å². The summed E-state index contributed by atoms with van der Waals surface area (Å²) in [7, 11) is 0. The molecule has 0 aliphatic heterocycles. The van der Waals surface area contributed by atoms with Crippen LogP contribution in [0.5, 0.6) is 0 Å². The van der Waals surface area contributed by atoms with Gasteiger partial charge in [0.1, 0.15) is 5.69 Å². The number of aromatic amines is 1. The summed E-state index contributed by atoms with van der Waals surface area (Å²) >= 11 is 5.70. The Balaban J connectivity index is 2.61. The number of alkyl halides is 3. The molecule has 1 heterocycles. The van der Waals surface area contributed by atoms with Crippen molar-refractivity contribution in [3.05, 3.63) is 52.3 Å². The van der Waals surface area contributed by atoms with Gasteiger partial charge in [-0.05, 0) is 17.7 Å². The molecule has 1 aromatic heterocycles. The van der Waals surface area contributed by atoms with Crippen LogP contribution < -0.4 is 0 Å². The zero-order valence-corrected chi connectivity index (χ0v) is 10.9. The molecule has 0 saturated carbocycles. The highest BCUT2D eigenvalue weighted by atomic mass is 35.5. The van der Waals surface area contributed by atoms with E-state index >= 15 is 0 Å². The standard InChI is InChI=1S/C12H7ClF3N3O2/c13-7-3-1-6(2-4-7)8(5-9(20)21)10-11(12(14,15)16)18-19-17-10/h1-5H,(H,20,21)(H,17,18,19)/b8-5-. The molecule has 0 aliphatic rings. The summed E-state index contributed by atoms with van der Waals surface area (Å²) in [5, 5.41) is 17.5. The molecule has 21 heavy (non-hydrogen) atoms. The lowest BCUT2D eigenvalue weighted by molar-refractivity contribution is -0.141. The van der Waals surface area contributed by atoms with Crippen LogP contribution in [0.1, 0.15) is 17.0 Å². The van der Waals surface area contributed by atoms with Crippen LogP contribution in [0.4, 0.5) is 13.2 Å². The fraction of sp³-hybridized carbons (Fsp3) is 0.0833. The maximum absolute atomic E-state index is 12.8. The predicted octanol–water partition coefficient (Wildman–Crippen LogP) is 2.99. The maximum Gasteiger partial charge on any atom is 0.437 e. The van der Waals surface area contributed by atoms with Crippen LogP contribution in [-0.4, -0.2) is 26.5 Å². The first-order valence-electron chi connectivity index (χ1n) is 5.48. The molecule has 2 rings (SSSR count). The zero-order chi connectivity index (χ0) is 15.6. The lowest BCUT2D eigenvalue weighted by Gasteiger charge is -2.08. The third-order valence-electron chi connectivity index (χ3n) is 2.49. The minimum Gasteiger partial charge on any atom is -0.478 e. The van der Waals surface area contributed by atoms with Gasteiger partial charge in [0.2, 0.25) is 0 Å². The van der Waals surface area contributed by atoms with Crippen molar-refractivity contribution in [3.8, 4) is 0 Å². The maximum atomic E-state index is 12.8. The SMILES string of the molecule is O=C(O)/C=C(/c1ccc(Cl)cc1)c1n[nH]nc1C(F)(F)F. The lowest BCUT2D eigenvalue weighted by Crippen LogP contribution is -2.10. The molecule has 2 N–H and O–H groups in total. The van der Waals surface area contributed by atoms with Crippen LogP contribution in [0, 0.1) is 0 Å². The summed E-state index contributed by atoms with van der Waals surface area (Å²) in [6.45, 7) is 0. The van der Waals surface area contributed by atoms with Gasteiger partial charge in [0, 0.05) is 16.7 Å². The number of halogens is 4. The van der Waals surface area contributed by atoms with E-state index in [1.165, 1.54) is 24.3 Å². The van der Waals surface area contributed by atoms with Crippen molar-refractivity contribution < 1.29 is 23.1 Å². The quantitative estimate of drug-likeness (QED) is 0.853. The number of benzene rings is 1. The van der Waals surface area contributed by atoms with Crippen molar-refractivity contribution in [2.75, 3.05) is 0 Å². The largest absolute Gasteiger partial charge is 0.478 e. The van der Waals surface area contributed by atoms with Crippen molar-refractivity contribution in [2.24, 2.45) is 0 Å². The first-order chi connectivity index (χ1) is 9.79. The number of carbonyl (C=O) groups is 1. The van der Waals surface area contributed by atoms with Crippen molar-refractivity contribution >= 4 is 23.1 Å². The molecule has 0 atom stereocenters. The molecule has 0 radical (unpaired) electrons. The van der Waals surface area contributed by atoms with E-state index in [-0.39, 0.29) is 11.1 Å². The van der Waals surface area contributed by atoms with Crippen LogP contribution in [0.25, 0.3) is 5.57 Å². The average molecular weight is 318 g/mol. The number of H-pyrrole nitrogens is 1. The van der Waals surface area contributed by atoms with Crippen molar-refractivity contribution in [1.82, 2.24) is 15.4 Å². The Morgan fingerprint density at radius 1 is 1.24 bits per heavy atom. The molecule has 0 spiro atoms. The molecule has 0 aliphatic carbocycles. The number of hydrogen-bond acceptors (Lipinski definition) is 3. The second-order valence-corrected chi connectivity index (χ2v) is 4.36. The van der Waals surface area contributed by atoms with E-state index in [1.54, 1.807) is 0 Å². The van der Waals surface area contributed by atoms with Crippen molar-refractivity contribution in [2.45, 2.75) is 6.18 Å². The molecule has 1 aromatic carbocycles. The monoisotopic (exact) mass is 317 g/mol. The number of carboxylic acids is 1. The molecule has 5 nitrogen and oxygen atoms in total. The summed E-state index contributed by atoms with van der Waals surface area (Å²) in [5.74, 6) is -1.41. The second kappa shape index (κ2) is 5.57. The minimum absolute atomic E-state index is 0.222.